The standard InChI is InChI=1S/C57H104O6/c1-4-7-10-13-16-19-22-25-27-28-30-32-35-38-41-44-47-50-56(59)62-53-54(52-61-55(58)49-46-43-40-37-34-31-24-21-18-15-12-9-6-3)63-57(60)51-48-45-42-39-36-33-29-26-23-20-17-14-11-8-5-2/h16,19,25-27,29,54H,4-15,17-18,20-24,28,30-53H2,1-3H3/b19-16-,27-25-,29-26-. The first-order valence-corrected chi connectivity index (χ1v) is 27.5. The van der Waals surface area contributed by atoms with Crippen LogP contribution >= 0.6 is 0 Å². The van der Waals surface area contributed by atoms with Gasteiger partial charge in [-0.1, -0.05) is 231 Å². The number of ether oxygens (including phenoxy) is 3. The molecule has 0 aliphatic carbocycles. The van der Waals surface area contributed by atoms with Gasteiger partial charge in [-0.2, -0.15) is 0 Å². The van der Waals surface area contributed by atoms with Gasteiger partial charge < -0.3 is 14.2 Å². The van der Waals surface area contributed by atoms with E-state index in [-0.39, 0.29) is 31.1 Å². The molecule has 0 saturated heterocycles. The van der Waals surface area contributed by atoms with Gasteiger partial charge in [0.2, 0.25) is 0 Å². The van der Waals surface area contributed by atoms with Crippen LogP contribution < -0.4 is 0 Å². The minimum absolute atomic E-state index is 0.0748. The third-order valence-electron chi connectivity index (χ3n) is 12.1. The summed E-state index contributed by atoms with van der Waals surface area (Å²) >= 11 is 0. The number of unbranched alkanes of at least 4 members (excludes halogenated alkanes) is 33. The molecule has 0 saturated carbocycles. The van der Waals surface area contributed by atoms with Crippen LogP contribution in [0.25, 0.3) is 0 Å². The topological polar surface area (TPSA) is 78.9 Å². The number of rotatable bonds is 50. The summed E-state index contributed by atoms with van der Waals surface area (Å²) < 4.78 is 16.8. The average Bonchev–Trinajstić information content (AvgIpc) is 3.28. The van der Waals surface area contributed by atoms with Crippen LogP contribution in [0.5, 0.6) is 0 Å². The van der Waals surface area contributed by atoms with Crippen molar-refractivity contribution in [1.82, 2.24) is 0 Å². The Hall–Kier alpha value is -2.37. The molecule has 0 fully saturated rings. The van der Waals surface area contributed by atoms with E-state index in [2.05, 4.69) is 57.2 Å². The van der Waals surface area contributed by atoms with E-state index >= 15 is 0 Å². The van der Waals surface area contributed by atoms with Gasteiger partial charge >= 0.3 is 17.9 Å². The predicted octanol–water partition coefficient (Wildman–Crippen LogP) is 18.1. The van der Waals surface area contributed by atoms with Crippen LogP contribution in [-0.2, 0) is 28.6 Å². The first-order chi connectivity index (χ1) is 31.0. The third-order valence-corrected chi connectivity index (χ3v) is 12.1. The quantitative estimate of drug-likeness (QED) is 0.0262. The molecule has 0 aliphatic rings. The Morgan fingerprint density at radius 3 is 0.921 bits per heavy atom. The summed E-state index contributed by atoms with van der Waals surface area (Å²) in [7, 11) is 0. The van der Waals surface area contributed by atoms with Crippen molar-refractivity contribution in [2.45, 2.75) is 297 Å². The highest BCUT2D eigenvalue weighted by Crippen LogP contribution is 2.16. The predicted molar refractivity (Wildman–Crippen MR) is 270 cm³/mol. The third kappa shape index (κ3) is 50.5. The van der Waals surface area contributed by atoms with Crippen LogP contribution in [0.3, 0.4) is 0 Å². The molecule has 0 aromatic rings. The Morgan fingerprint density at radius 2 is 0.571 bits per heavy atom. The van der Waals surface area contributed by atoms with Crippen molar-refractivity contribution in [1.29, 1.82) is 0 Å². The molecule has 0 N–H and O–H groups in total. The fourth-order valence-electron chi connectivity index (χ4n) is 7.94. The molecule has 1 atom stereocenters. The van der Waals surface area contributed by atoms with E-state index < -0.39 is 6.10 Å². The fraction of sp³-hybridized carbons (Fsp3) is 0.842. The molecule has 0 heterocycles. The van der Waals surface area contributed by atoms with E-state index in [1.807, 2.05) is 0 Å². The summed E-state index contributed by atoms with van der Waals surface area (Å²) in [5.41, 5.74) is 0. The molecule has 0 aromatic carbocycles. The first kappa shape index (κ1) is 60.6. The van der Waals surface area contributed by atoms with Crippen LogP contribution in [0.15, 0.2) is 36.5 Å². The van der Waals surface area contributed by atoms with Crippen molar-refractivity contribution in [3.8, 4) is 0 Å². The minimum atomic E-state index is -0.776. The maximum atomic E-state index is 12.8. The van der Waals surface area contributed by atoms with Crippen molar-refractivity contribution in [2.75, 3.05) is 13.2 Å². The highest BCUT2D eigenvalue weighted by atomic mass is 16.6. The van der Waals surface area contributed by atoms with Crippen LogP contribution in [-0.4, -0.2) is 37.2 Å². The number of allylic oxidation sites excluding steroid dienone is 6. The molecule has 0 spiro atoms. The van der Waals surface area contributed by atoms with Crippen molar-refractivity contribution in [2.24, 2.45) is 0 Å². The molecule has 0 aromatic heterocycles. The van der Waals surface area contributed by atoms with Gasteiger partial charge in [-0.15, -0.1) is 0 Å². The second-order valence-electron chi connectivity index (χ2n) is 18.5. The fourth-order valence-corrected chi connectivity index (χ4v) is 7.94. The molecule has 368 valence electrons. The van der Waals surface area contributed by atoms with E-state index in [1.165, 1.54) is 173 Å². The molecule has 0 rings (SSSR count). The highest BCUT2D eigenvalue weighted by Gasteiger charge is 2.19. The van der Waals surface area contributed by atoms with Gasteiger partial charge in [0.25, 0.3) is 0 Å². The van der Waals surface area contributed by atoms with Crippen LogP contribution in [0, 0.1) is 0 Å². The summed E-state index contributed by atoms with van der Waals surface area (Å²) in [6.07, 6.45) is 61.2. The number of carbonyl (C=O) groups excluding carboxylic acids is 3. The van der Waals surface area contributed by atoms with Crippen LogP contribution in [0.2, 0.25) is 0 Å². The molecule has 0 bridgehead atoms. The second kappa shape index (κ2) is 52.3. The van der Waals surface area contributed by atoms with Crippen molar-refractivity contribution in [3.05, 3.63) is 36.5 Å². The van der Waals surface area contributed by atoms with Gasteiger partial charge in [0.15, 0.2) is 6.10 Å². The van der Waals surface area contributed by atoms with Gasteiger partial charge in [0.1, 0.15) is 13.2 Å². The number of esters is 3. The van der Waals surface area contributed by atoms with E-state index in [1.54, 1.807) is 0 Å². The maximum absolute atomic E-state index is 12.8. The largest absolute Gasteiger partial charge is 0.462 e. The molecule has 6 heteroatoms. The molecule has 0 aliphatic heterocycles. The zero-order valence-corrected chi connectivity index (χ0v) is 42.1. The Bertz CT molecular complexity index is 1060. The molecular formula is C57H104O6. The van der Waals surface area contributed by atoms with Gasteiger partial charge in [-0.3, -0.25) is 14.4 Å². The van der Waals surface area contributed by atoms with E-state index in [4.69, 9.17) is 14.2 Å². The van der Waals surface area contributed by atoms with Crippen molar-refractivity contribution in [3.63, 3.8) is 0 Å². The lowest BCUT2D eigenvalue weighted by Gasteiger charge is -2.18. The van der Waals surface area contributed by atoms with Gasteiger partial charge in [0.05, 0.1) is 0 Å². The first-order valence-electron chi connectivity index (χ1n) is 27.5. The second-order valence-corrected chi connectivity index (χ2v) is 18.5. The average molecular weight is 885 g/mol. The smallest absolute Gasteiger partial charge is 0.306 e. The maximum Gasteiger partial charge on any atom is 0.306 e. The summed E-state index contributed by atoms with van der Waals surface area (Å²) in [4.78, 5) is 38.0. The SMILES string of the molecule is CCCCC/C=C\C/C=C\CCCCCCCCCC(=O)OCC(COC(=O)CCCCCCCCCCCCCCC)OC(=O)CCCCCCC/C=C\CCCCCCCC. The van der Waals surface area contributed by atoms with Crippen LogP contribution in [0.4, 0.5) is 0 Å². The summed E-state index contributed by atoms with van der Waals surface area (Å²) in [6.45, 7) is 6.62. The monoisotopic (exact) mass is 885 g/mol. The summed E-state index contributed by atoms with van der Waals surface area (Å²) in [5, 5.41) is 0. The van der Waals surface area contributed by atoms with Gasteiger partial charge in [-0.05, 0) is 77.0 Å². The molecule has 63 heavy (non-hydrogen) atoms. The highest BCUT2D eigenvalue weighted by molar-refractivity contribution is 5.71. The van der Waals surface area contributed by atoms with Gasteiger partial charge in [0, 0.05) is 19.3 Å². The Morgan fingerprint density at radius 1 is 0.317 bits per heavy atom. The molecule has 6 nitrogen and oxygen atoms in total. The zero-order valence-electron chi connectivity index (χ0n) is 42.1. The lowest BCUT2D eigenvalue weighted by atomic mass is 10.0. The number of hydrogen-bond donors (Lipinski definition) is 0. The Kier molecular flexibility index (Phi) is 50.3. The van der Waals surface area contributed by atoms with Crippen LogP contribution in [0.1, 0.15) is 290 Å². The molecular weight excluding hydrogens is 781 g/mol. The molecule has 0 radical (unpaired) electrons. The normalized spacial score (nSPS) is 12.2. The lowest BCUT2D eigenvalue weighted by Crippen LogP contribution is -2.30. The van der Waals surface area contributed by atoms with Crippen molar-refractivity contribution >= 4 is 17.9 Å². The summed E-state index contributed by atoms with van der Waals surface area (Å²) in [5.74, 6) is -0.878. The van der Waals surface area contributed by atoms with E-state index in [0.29, 0.717) is 19.3 Å². The zero-order chi connectivity index (χ0) is 45.8. The minimum Gasteiger partial charge on any atom is -0.462 e. The molecule has 0 amide bonds. The number of hydrogen-bond acceptors (Lipinski definition) is 6. The molecule has 1 unspecified atom stereocenters. The van der Waals surface area contributed by atoms with Crippen molar-refractivity contribution < 1.29 is 28.6 Å². The van der Waals surface area contributed by atoms with Gasteiger partial charge in [-0.25, -0.2) is 0 Å². The van der Waals surface area contributed by atoms with E-state index in [9.17, 15) is 14.4 Å². The number of carbonyl (C=O) groups is 3. The Balaban J connectivity index is 4.37. The Labute approximate surface area is 391 Å². The summed E-state index contributed by atoms with van der Waals surface area (Å²) in [6, 6.07) is 0. The van der Waals surface area contributed by atoms with E-state index in [0.717, 1.165) is 77.0 Å². The lowest BCUT2D eigenvalue weighted by molar-refractivity contribution is -0.167.